The monoisotopic (exact) mass is 290 g/mol. The Hall–Kier alpha value is -2.02. The van der Waals surface area contributed by atoms with Crippen LogP contribution < -0.4 is 4.74 Å². The summed E-state index contributed by atoms with van der Waals surface area (Å²) in [6.07, 6.45) is 0. The van der Waals surface area contributed by atoms with E-state index in [-0.39, 0.29) is 13.2 Å². The van der Waals surface area contributed by atoms with Gasteiger partial charge in [0.05, 0.1) is 0 Å². The quantitative estimate of drug-likeness (QED) is 0.878. The Labute approximate surface area is 121 Å². The average molecular weight is 291 g/mol. The maximum absolute atomic E-state index is 13.4. The number of halogens is 2. The molecule has 0 fully saturated rings. The first-order valence-corrected chi connectivity index (χ1v) is 6.33. The van der Waals surface area contributed by atoms with Crippen molar-refractivity contribution in [1.29, 1.82) is 0 Å². The number of hydrogen-bond donors (Lipinski definition) is 1. The Morgan fingerprint density at radius 2 is 2.05 bits per heavy atom. The topological polar surface area (TPSA) is 29.5 Å². The van der Waals surface area contributed by atoms with Gasteiger partial charge in [-0.2, -0.15) is 0 Å². The van der Waals surface area contributed by atoms with E-state index in [4.69, 9.17) is 21.4 Å². The van der Waals surface area contributed by atoms with Gasteiger partial charge in [-0.15, -0.1) is 0 Å². The number of aliphatic hydroxyl groups is 1. The fourth-order valence-electron chi connectivity index (χ4n) is 1.65. The van der Waals surface area contributed by atoms with Gasteiger partial charge < -0.3 is 9.84 Å². The van der Waals surface area contributed by atoms with Crippen molar-refractivity contribution in [2.24, 2.45) is 0 Å². The molecule has 0 radical (unpaired) electrons. The van der Waals surface area contributed by atoms with E-state index < -0.39 is 5.82 Å². The van der Waals surface area contributed by atoms with Crippen LogP contribution in [0.25, 0.3) is 0 Å². The van der Waals surface area contributed by atoms with Gasteiger partial charge in [0.2, 0.25) is 0 Å². The highest BCUT2D eigenvalue weighted by molar-refractivity contribution is 6.30. The number of ether oxygens (including phenoxy) is 1. The minimum Gasteiger partial charge on any atom is -0.489 e. The molecule has 0 aliphatic heterocycles. The van der Waals surface area contributed by atoms with Crippen LogP contribution in [0, 0.1) is 17.7 Å². The van der Waals surface area contributed by atoms with Crippen molar-refractivity contribution in [3.8, 4) is 17.6 Å². The van der Waals surface area contributed by atoms with Gasteiger partial charge >= 0.3 is 0 Å². The van der Waals surface area contributed by atoms with Crippen LogP contribution in [-0.2, 0) is 6.61 Å². The summed E-state index contributed by atoms with van der Waals surface area (Å²) < 4.78 is 18.9. The smallest absolute Gasteiger partial charge is 0.128 e. The third kappa shape index (κ3) is 4.27. The molecule has 4 heteroatoms. The largest absolute Gasteiger partial charge is 0.489 e. The molecule has 0 aliphatic carbocycles. The molecule has 0 spiro atoms. The van der Waals surface area contributed by atoms with Crippen molar-refractivity contribution < 1.29 is 14.2 Å². The highest BCUT2D eigenvalue weighted by Gasteiger charge is 2.02. The lowest BCUT2D eigenvalue weighted by atomic mass is 10.2. The Morgan fingerprint density at radius 3 is 2.80 bits per heavy atom. The van der Waals surface area contributed by atoms with Crippen molar-refractivity contribution >= 4 is 11.6 Å². The molecule has 0 saturated carbocycles. The maximum Gasteiger partial charge on any atom is 0.128 e. The SMILES string of the molecule is OCC#Cc1cc(F)cc(OCc2cccc(Cl)c2)c1. The average Bonchev–Trinajstić information content (AvgIpc) is 2.42. The zero-order chi connectivity index (χ0) is 14.4. The van der Waals surface area contributed by atoms with Crippen LogP contribution in [0.4, 0.5) is 4.39 Å². The second kappa shape index (κ2) is 6.95. The highest BCUT2D eigenvalue weighted by Crippen LogP contribution is 2.18. The number of hydrogen-bond acceptors (Lipinski definition) is 2. The van der Waals surface area contributed by atoms with E-state index in [1.54, 1.807) is 18.2 Å². The lowest BCUT2D eigenvalue weighted by molar-refractivity contribution is 0.304. The Kier molecular flexibility index (Phi) is 5.00. The Bertz CT molecular complexity index is 659. The molecule has 0 aliphatic rings. The van der Waals surface area contributed by atoms with Gasteiger partial charge in [-0.05, 0) is 29.8 Å². The molecule has 0 amide bonds. The van der Waals surface area contributed by atoms with Crippen molar-refractivity contribution in [1.82, 2.24) is 0 Å². The van der Waals surface area contributed by atoms with E-state index >= 15 is 0 Å². The normalized spacial score (nSPS) is 9.75. The van der Waals surface area contributed by atoms with Gasteiger partial charge in [-0.1, -0.05) is 35.6 Å². The van der Waals surface area contributed by atoms with Crippen molar-refractivity contribution in [3.63, 3.8) is 0 Å². The third-order valence-corrected chi connectivity index (χ3v) is 2.71. The van der Waals surface area contributed by atoms with E-state index in [1.807, 2.05) is 12.1 Å². The van der Waals surface area contributed by atoms with Gasteiger partial charge in [0.25, 0.3) is 0 Å². The molecule has 0 aromatic heterocycles. The molecular weight excluding hydrogens is 279 g/mol. The summed E-state index contributed by atoms with van der Waals surface area (Å²) in [5, 5.41) is 9.26. The van der Waals surface area contributed by atoms with E-state index in [0.717, 1.165) is 5.56 Å². The molecule has 0 saturated heterocycles. The number of benzene rings is 2. The summed E-state index contributed by atoms with van der Waals surface area (Å²) >= 11 is 5.88. The summed E-state index contributed by atoms with van der Waals surface area (Å²) in [5.41, 5.74) is 1.35. The van der Waals surface area contributed by atoms with Gasteiger partial charge in [0, 0.05) is 16.7 Å². The van der Waals surface area contributed by atoms with Crippen molar-refractivity contribution in [2.45, 2.75) is 6.61 Å². The molecule has 2 aromatic carbocycles. The maximum atomic E-state index is 13.4. The fourth-order valence-corrected chi connectivity index (χ4v) is 1.87. The van der Waals surface area contributed by atoms with Gasteiger partial charge in [-0.3, -0.25) is 0 Å². The molecule has 0 unspecified atom stereocenters. The molecule has 2 nitrogen and oxygen atoms in total. The lowest BCUT2D eigenvalue weighted by Crippen LogP contribution is -1.96. The van der Waals surface area contributed by atoms with Crippen LogP contribution in [0.3, 0.4) is 0 Å². The lowest BCUT2D eigenvalue weighted by Gasteiger charge is -2.07. The highest BCUT2D eigenvalue weighted by atomic mass is 35.5. The van der Waals surface area contributed by atoms with Crippen molar-refractivity contribution in [2.75, 3.05) is 6.61 Å². The predicted molar refractivity (Wildman–Crippen MR) is 76.1 cm³/mol. The van der Waals surface area contributed by atoms with E-state index in [1.165, 1.54) is 12.1 Å². The van der Waals surface area contributed by atoms with Gasteiger partial charge in [-0.25, -0.2) is 4.39 Å². The van der Waals surface area contributed by atoms with Crippen LogP contribution in [0.5, 0.6) is 5.75 Å². The molecule has 20 heavy (non-hydrogen) atoms. The molecule has 2 rings (SSSR count). The number of aliphatic hydroxyl groups excluding tert-OH is 1. The molecular formula is C16H12ClFO2. The molecule has 0 atom stereocenters. The Balaban J connectivity index is 2.11. The molecule has 1 N–H and O–H groups in total. The number of rotatable bonds is 3. The summed E-state index contributed by atoms with van der Waals surface area (Å²) in [5.74, 6) is 5.06. The standard InChI is InChI=1S/C16H12ClFO2/c17-14-5-1-3-13(7-14)11-20-16-9-12(4-2-6-19)8-15(18)10-16/h1,3,5,7-10,19H,6,11H2. The first-order valence-electron chi connectivity index (χ1n) is 5.95. The van der Waals surface area contributed by atoms with Crippen LogP contribution in [0.2, 0.25) is 5.02 Å². The Morgan fingerprint density at radius 1 is 1.20 bits per heavy atom. The van der Waals surface area contributed by atoms with E-state index in [2.05, 4.69) is 11.8 Å². The fraction of sp³-hybridized carbons (Fsp3) is 0.125. The summed E-state index contributed by atoms with van der Waals surface area (Å²) in [4.78, 5) is 0. The second-order valence-electron chi connectivity index (χ2n) is 4.05. The minimum atomic E-state index is -0.434. The predicted octanol–water partition coefficient (Wildman–Crippen LogP) is 3.40. The third-order valence-electron chi connectivity index (χ3n) is 2.48. The summed E-state index contributed by atoms with van der Waals surface area (Å²) in [7, 11) is 0. The van der Waals surface area contributed by atoms with Gasteiger partial charge in [0.15, 0.2) is 0 Å². The first kappa shape index (κ1) is 14.4. The first-order chi connectivity index (χ1) is 9.67. The molecule has 0 bridgehead atoms. The molecule has 2 aromatic rings. The van der Waals surface area contributed by atoms with Crippen LogP contribution in [0.15, 0.2) is 42.5 Å². The van der Waals surface area contributed by atoms with E-state index in [9.17, 15) is 4.39 Å². The summed E-state index contributed by atoms with van der Waals surface area (Å²) in [6.45, 7) is 0.0199. The van der Waals surface area contributed by atoms with Gasteiger partial charge in [0.1, 0.15) is 24.8 Å². The zero-order valence-electron chi connectivity index (χ0n) is 10.6. The minimum absolute atomic E-state index is 0.269. The van der Waals surface area contributed by atoms with Crippen molar-refractivity contribution in [3.05, 3.63) is 64.4 Å². The molecule has 102 valence electrons. The summed E-state index contributed by atoms with van der Waals surface area (Å²) in [6, 6.07) is 11.4. The van der Waals surface area contributed by atoms with Crippen LogP contribution in [-0.4, -0.2) is 11.7 Å². The van der Waals surface area contributed by atoms with Crippen LogP contribution >= 0.6 is 11.6 Å². The second-order valence-corrected chi connectivity index (χ2v) is 4.49. The molecule has 0 heterocycles. The van der Waals surface area contributed by atoms with Crippen LogP contribution in [0.1, 0.15) is 11.1 Å². The zero-order valence-corrected chi connectivity index (χ0v) is 11.3. The van der Waals surface area contributed by atoms with E-state index in [0.29, 0.717) is 16.3 Å².